The maximum Gasteiger partial charge on any atom is 0.274 e. The lowest BCUT2D eigenvalue weighted by atomic mass is 9.93. The van der Waals surface area contributed by atoms with Gasteiger partial charge in [0.05, 0.1) is 30.5 Å². The number of nitrogens with one attached hydrogen (secondary N) is 3. The predicted octanol–water partition coefficient (Wildman–Crippen LogP) is 0.801. The summed E-state index contributed by atoms with van der Waals surface area (Å²) in [6, 6.07) is -1.52. The average Bonchev–Trinajstić information content (AvgIpc) is 3.20. The molecule has 2 aromatic rings. The van der Waals surface area contributed by atoms with E-state index in [9.17, 15) is 19.2 Å². The van der Waals surface area contributed by atoms with Crippen LogP contribution in [-0.2, 0) is 30.3 Å². The van der Waals surface area contributed by atoms with Gasteiger partial charge < -0.3 is 29.9 Å². The highest BCUT2D eigenvalue weighted by Gasteiger charge is 2.50. The van der Waals surface area contributed by atoms with Crippen LogP contribution in [0.2, 0.25) is 0 Å². The summed E-state index contributed by atoms with van der Waals surface area (Å²) in [6.07, 6.45) is 0.508. The number of carbonyl (C=O) groups excluding carboxylic acids is 4. The van der Waals surface area contributed by atoms with Crippen molar-refractivity contribution in [2.45, 2.75) is 64.3 Å². The second kappa shape index (κ2) is 12.4. The zero-order chi connectivity index (χ0) is 27.2. The molecule has 4 atom stereocenters. The first-order valence-electron chi connectivity index (χ1n) is 11.9. The second-order valence-corrected chi connectivity index (χ2v) is 10.3. The van der Waals surface area contributed by atoms with Crippen LogP contribution in [0.15, 0.2) is 21.5 Å². The van der Waals surface area contributed by atoms with Gasteiger partial charge in [0.2, 0.25) is 11.8 Å². The number of nitrogens with zero attached hydrogens (tertiary/aromatic N) is 2. The molecule has 12 nitrogen and oxygen atoms in total. The lowest BCUT2D eigenvalue weighted by Gasteiger charge is -2.26. The molecule has 1 aliphatic heterocycles. The first-order valence-corrected chi connectivity index (χ1v) is 12.9. The number of hydrogen-bond donors (Lipinski definition) is 3. The van der Waals surface area contributed by atoms with E-state index in [0.29, 0.717) is 24.5 Å². The standard InChI is InChI=1S/C24H33N5O7S/c1-13(2)6-16(20(30)24(4)11-35-24)26-21(31)17(8-15-10-37-12-25-15)27-23(33)19(9-34-5)28-22(32)18-7-14(3)36-29-18/h7,10,12-13,16-17,19H,6,8-9,11H2,1-5H3,(H,26,31)(H,27,33)(H,28,32)/t16?,17-,19?,24+/m0/s1. The first kappa shape index (κ1) is 28.4. The summed E-state index contributed by atoms with van der Waals surface area (Å²) < 4.78 is 15.3. The van der Waals surface area contributed by atoms with E-state index in [4.69, 9.17) is 14.0 Å². The van der Waals surface area contributed by atoms with Gasteiger partial charge in [-0.15, -0.1) is 11.3 Å². The maximum absolute atomic E-state index is 13.4. The van der Waals surface area contributed by atoms with E-state index in [2.05, 4.69) is 26.1 Å². The van der Waals surface area contributed by atoms with E-state index in [0.717, 1.165) is 0 Å². The Morgan fingerprint density at radius 2 is 1.81 bits per heavy atom. The summed E-state index contributed by atoms with van der Waals surface area (Å²) in [6.45, 7) is 7.38. The van der Waals surface area contributed by atoms with Crippen molar-refractivity contribution in [3.8, 4) is 0 Å². The minimum Gasteiger partial charge on any atom is -0.382 e. The molecule has 2 unspecified atom stereocenters. The van der Waals surface area contributed by atoms with E-state index >= 15 is 0 Å². The zero-order valence-electron chi connectivity index (χ0n) is 21.5. The smallest absolute Gasteiger partial charge is 0.274 e. The fourth-order valence-corrected chi connectivity index (χ4v) is 4.25. The van der Waals surface area contributed by atoms with Crippen molar-refractivity contribution in [2.24, 2.45) is 5.92 Å². The summed E-state index contributed by atoms with van der Waals surface area (Å²) in [5, 5.41) is 13.5. The highest BCUT2D eigenvalue weighted by atomic mass is 32.1. The Balaban J connectivity index is 1.75. The van der Waals surface area contributed by atoms with E-state index in [1.807, 2.05) is 13.8 Å². The predicted molar refractivity (Wildman–Crippen MR) is 133 cm³/mol. The number of ether oxygens (including phenoxy) is 2. The van der Waals surface area contributed by atoms with Crippen molar-refractivity contribution in [3.63, 3.8) is 0 Å². The molecule has 0 aliphatic carbocycles. The molecule has 0 spiro atoms. The van der Waals surface area contributed by atoms with Crippen LogP contribution in [0.4, 0.5) is 0 Å². The Hall–Kier alpha value is -3.16. The number of thiazole rings is 1. The number of aromatic nitrogens is 2. The largest absolute Gasteiger partial charge is 0.382 e. The number of hydrogen-bond acceptors (Lipinski definition) is 10. The van der Waals surface area contributed by atoms with Crippen LogP contribution in [-0.4, -0.2) is 77.7 Å². The number of methoxy groups -OCH3 is 1. The Morgan fingerprint density at radius 1 is 1.14 bits per heavy atom. The van der Waals surface area contributed by atoms with Crippen molar-refractivity contribution < 1.29 is 33.2 Å². The van der Waals surface area contributed by atoms with Gasteiger partial charge in [0, 0.05) is 25.0 Å². The molecule has 3 rings (SSSR count). The van der Waals surface area contributed by atoms with Crippen molar-refractivity contribution in [2.75, 3.05) is 20.3 Å². The monoisotopic (exact) mass is 535 g/mol. The lowest BCUT2D eigenvalue weighted by Crippen LogP contribution is -2.58. The number of rotatable bonds is 14. The van der Waals surface area contributed by atoms with E-state index in [-0.39, 0.29) is 30.4 Å². The fourth-order valence-electron chi connectivity index (χ4n) is 3.68. The summed E-state index contributed by atoms with van der Waals surface area (Å²) in [4.78, 5) is 56.3. The van der Waals surface area contributed by atoms with Crippen LogP contribution < -0.4 is 16.0 Å². The number of Topliss-reactive ketones (excluding diaryl/α,β-unsaturated/α-hetero) is 1. The third-order valence-electron chi connectivity index (χ3n) is 5.78. The molecular weight excluding hydrogens is 502 g/mol. The highest BCUT2D eigenvalue weighted by molar-refractivity contribution is 7.07. The average molecular weight is 536 g/mol. The molecule has 202 valence electrons. The van der Waals surface area contributed by atoms with E-state index in [1.165, 1.54) is 24.5 Å². The number of ketones is 1. The van der Waals surface area contributed by atoms with Gasteiger partial charge in [-0.05, 0) is 26.2 Å². The first-order chi connectivity index (χ1) is 17.5. The molecule has 0 saturated carbocycles. The molecule has 3 amide bonds. The van der Waals surface area contributed by atoms with Crippen LogP contribution in [0.1, 0.15) is 49.1 Å². The normalized spacial score (nSPS) is 19.1. The van der Waals surface area contributed by atoms with Crippen molar-refractivity contribution in [1.82, 2.24) is 26.1 Å². The molecule has 1 saturated heterocycles. The van der Waals surface area contributed by atoms with Gasteiger partial charge in [-0.25, -0.2) is 4.98 Å². The van der Waals surface area contributed by atoms with Crippen LogP contribution in [0, 0.1) is 12.8 Å². The summed E-state index contributed by atoms with van der Waals surface area (Å²) >= 11 is 1.35. The second-order valence-electron chi connectivity index (χ2n) is 9.62. The summed E-state index contributed by atoms with van der Waals surface area (Å²) in [5.74, 6) is -1.46. The molecule has 37 heavy (non-hydrogen) atoms. The number of epoxide rings is 1. The molecule has 2 aromatic heterocycles. The Kier molecular flexibility index (Phi) is 9.51. The van der Waals surface area contributed by atoms with Gasteiger partial charge in [-0.1, -0.05) is 19.0 Å². The number of aryl methyl sites for hydroxylation is 1. The highest BCUT2D eigenvalue weighted by Crippen LogP contribution is 2.29. The van der Waals surface area contributed by atoms with E-state index < -0.39 is 41.4 Å². The molecular formula is C24H33N5O7S. The van der Waals surface area contributed by atoms with Crippen molar-refractivity contribution >= 4 is 34.8 Å². The Labute approximate surface area is 218 Å². The van der Waals surface area contributed by atoms with Gasteiger partial charge in [0.15, 0.2) is 11.5 Å². The van der Waals surface area contributed by atoms with Gasteiger partial charge in [0.25, 0.3) is 5.91 Å². The van der Waals surface area contributed by atoms with Gasteiger partial charge in [-0.2, -0.15) is 0 Å². The Bertz CT molecular complexity index is 1100. The summed E-state index contributed by atoms with van der Waals surface area (Å²) in [5.41, 5.74) is 1.32. The number of carbonyl (C=O) groups is 4. The lowest BCUT2D eigenvalue weighted by molar-refractivity contribution is -0.133. The van der Waals surface area contributed by atoms with Crippen LogP contribution in [0.5, 0.6) is 0 Å². The molecule has 1 fully saturated rings. The zero-order valence-corrected chi connectivity index (χ0v) is 22.3. The third kappa shape index (κ3) is 7.91. The Morgan fingerprint density at radius 3 is 2.35 bits per heavy atom. The van der Waals surface area contributed by atoms with Crippen LogP contribution in [0.3, 0.4) is 0 Å². The van der Waals surface area contributed by atoms with E-state index in [1.54, 1.807) is 24.7 Å². The fraction of sp³-hybridized carbons (Fsp3) is 0.583. The van der Waals surface area contributed by atoms with Gasteiger partial charge in [-0.3, -0.25) is 19.2 Å². The minimum absolute atomic E-state index is 0.00833. The SMILES string of the molecule is COCC(NC(=O)c1cc(C)on1)C(=O)N[C@@H](Cc1cscn1)C(=O)NC(CC(C)C)C(=O)[C@@]1(C)CO1. The maximum atomic E-state index is 13.4. The van der Waals surface area contributed by atoms with Gasteiger partial charge in [0.1, 0.15) is 23.4 Å². The molecule has 1 aliphatic rings. The van der Waals surface area contributed by atoms with Crippen LogP contribution >= 0.6 is 11.3 Å². The molecule has 0 radical (unpaired) electrons. The molecule has 13 heteroatoms. The topological polar surface area (TPSA) is 165 Å². The molecule has 0 bridgehead atoms. The minimum atomic E-state index is -1.12. The third-order valence-corrected chi connectivity index (χ3v) is 6.42. The number of amides is 3. The summed E-state index contributed by atoms with van der Waals surface area (Å²) in [7, 11) is 1.38. The molecule has 3 N–H and O–H groups in total. The van der Waals surface area contributed by atoms with Crippen LogP contribution in [0.25, 0.3) is 0 Å². The van der Waals surface area contributed by atoms with Crippen molar-refractivity contribution in [1.29, 1.82) is 0 Å². The quantitative estimate of drug-likeness (QED) is 0.297. The van der Waals surface area contributed by atoms with Crippen molar-refractivity contribution in [3.05, 3.63) is 34.1 Å². The molecule has 0 aromatic carbocycles. The van der Waals surface area contributed by atoms with Gasteiger partial charge >= 0.3 is 0 Å². The molecule has 3 heterocycles.